The quantitative estimate of drug-likeness (QED) is 0.910. The molecule has 2 saturated heterocycles. The zero-order valence-electron chi connectivity index (χ0n) is 13.6. The summed E-state index contributed by atoms with van der Waals surface area (Å²) in [6, 6.07) is 8.80. The molecule has 2 amide bonds. The Bertz CT molecular complexity index is 625. The summed E-state index contributed by atoms with van der Waals surface area (Å²) in [6.45, 7) is 1.93. The maximum atomic E-state index is 12.7. The number of amides is 2. The fraction of sp³-hybridized carbons (Fsp3) is 0.500. The number of piperidine rings is 1. The van der Waals surface area contributed by atoms with Gasteiger partial charge in [-0.3, -0.25) is 14.4 Å². The van der Waals surface area contributed by atoms with E-state index in [1.807, 2.05) is 6.07 Å². The molecule has 128 valence electrons. The first kappa shape index (κ1) is 16.5. The topological polar surface area (TPSA) is 77.9 Å². The smallest absolute Gasteiger partial charge is 0.308 e. The minimum Gasteiger partial charge on any atom is -0.481 e. The predicted octanol–water partition coefficient (Wildman–Crippen LogP) is 1.47. The first-order chi connectivity index (χ1) is 11.6. The predicted molar refractivity (Wildman–Crippen MR) is 87.4 cm³/mol. The van der Waals surface area contributed by atoms with Crippen molar-refractivity contribution in [2.45, 2.75) is 19.3 Å². The fourth-order valence-electron chi connectivity index (χ4n) is 3.58. The summed E-state index contributed by atoms with van der Waals surface area (Å²) < 4.78 is 0. The molecular weight excluding hydrogens is 308 g/mol. The lowest BCUT2D eigenvalue weighted by Gasteiger charge is -2.37. The van der Waals surface area contributed by atoms with Gasteiger partial charge in [-0.1, -0.05) is 18.2 Å². The lowest BCUT2D eigenvalue weighted by molar-refractivity contribution is -0.146. The van der Waals surface area contributed by atoms with E-state index >= 15 is 0 Å². The molecule has 24 heavy (non-hydrogen) atoms. The molecule has 0 spiro atoms. The van der Waals surface area contributed by atoms with E-state index in [9.17, 15) is 19.5 Å². The Labute approximate surface area is 141 Å². The summed E-state index contributed by atoms with van der Waals surface area (Å²) >= 11 is 0. The molecule has 1 aromatic rings. The Morgan fingerprint density at radius 1 is 0.917 bits per heavy atom. The van der Waals surface area contributed by atoms with Crippen molar-refractivity contribution in [3.05, 3.63) is 35.9 Å². The lowest BCUT2D eigenvalue weighted by Crippen LogP contribution is -2.50. The van der Waals surface area contributed by atoms with E-state index in [0.29, 0.717) is 18.5 Å². The Hall–Kier alpha value is -2.37. The maximum Gasteiger partial charge on any atom is 0.308 e. The van der Waals surface area contributed by atoms with Crippen LogP contribution in [0.15, 0.2) is 30.3 Å². The molecular formula is C18H22N2O4. The first-order valence-corrected chi connectivity index (χ1v) is 8.42. The van der Waals surface area contributed by atoms with Crippen LogP contribution < -0.4 is 0 Å². The van der Waals surface area contributed by atoms with Crippen molar-refractivity contribution in [2.75, 3.05) is 26.2 Å². The minimum atomic E-state index is -0.945. The van der Waals surface area contributed by atoms with E-state index in [4.69, 9.17) is 0 Å². The van der Waals surface area contributed by atoms with Crippen molar-refractivity contribution in [1.29, 1.82) is 0 Å². The van der Waals surface area contributed by atoms with Gasteiger partial charge in [0.1, 0.15) is 0 Å². The number of hydrogen-bond acceptors (Lipinski definition) is 3. The normalized spacial score (nSPS) is 24.0. The van der Waals surface area contributed by atoms with Gasteiger partial charge in [-0.2, -0.15) is 0 Å². The monoisotopic (exact) mass is 330 g/mol. The van der Waals surface area contributed by atoms with Crippen molar-refractivity contribution >= 4 is 17.8 Å². The van der Waals surface area contributed by atoms with Crippen LogP contribution in [0.4, 0.5) is 0 Å². The summed E-state index contributed by atoms with van der Waals surface area (Å²) in [5, 5.41) is 9.41. The largest absolute Gasteiger partial charge is 0.481 e. The van der Waals surface area contributed by atoms with Crippen LogP contribution in [0.2, 0.25) is 0 Å². The van der Waals surface area contributed by atoms with Gasteiger partial charge in [0.15, 0.2) is 0 Å². The zero-order chi connectivity index (χ0) is 17.1. The average molecular weight is 330 g/mol. The molecule has 1 aromatic carbocycles. The number of rotatable bonds is 3. The number of carboxylic acids is 1. The van der Waals surface area contributed by atoms with Crippen molar-refractivity contribution < 1.29 is 19.5 Å². The van der Waals surface area contributed by atoms with Gasteiger partial charge in [-0.05, 0) is 31.4 Å². The molecule has 2 heterocycles. The standard InChI is InChI=1S/C18H22N2O4/c21-16(13-6-2-1-3-7-13)20-11-14(10-15(12-20)18(23)24)17(22)19-8-4-5-9-19/h1-3,6-7,14-15H,4-5,8-12H2,(H,23,24)/t14-,15+/m1/s1. The van der Waals surface area contributed by atoms with Crippen LogP contribution >= 0.6 is 0 Å². The highest BCUT2D eigenvalue weighted by Crippen LogP contribution is 2.26. The zero-order valence-corrected chi connectivity index (χ0v) is 13.6. The fourth-order valence-corrected chi connectivity index (χ4v) is 3.58. The highest BCUT2D eigenvalue weighted by molar-refractivity contribution is 5.95. The summed E-state index contributed by atoms with van der Waals surface area (Å²) in [5.41, 5.74) is 0.524. The average Bonchev–Trinajstić information content (AvgIpc) is 3.15. The SMILES string of the molecule is O=C(O)[C@H]1C[C@@H](C(=O)N2CCCC2)CN(C(=O)c2ccccc2)C1. The van der Waals surface area contributed by atoms with E-state index in [0.717, 1.165) is 25.9 Å². The molecule has 0 aromatic heterocycles. The molecule has 0 bridgehead atoms. The molecule has 0 unspecified atom stereocenters. The molecule has 3 rings (SSSR count). The van der Waals surface area contributed by atoms with Crippen LogP contribution in [-0.2, 0) is 9.59 Å². The number of carboxylic acid groups (broad SMARTS) is 1. The van der Waals surface area contributed by atoms with Crippen LogP contribution in [0.3, 0.4) is 0 Å². The second-order valence-electron chi connectivity index (χ2n) is 6.58. The van der Waals surface area contributed by atoms with Crippen LogP contribution in [0, 0.1) is 11.8 Å². The number of carbonyl (C=O) groups is 3. The minimum absolute atomic E-state index is 0.00990. The number of benzene rings is 1. The van der Waals surface area contributed by atoms with Crippen molar-refractivity contribution in [3.63, 3.8) is 0 Å². The Morgan fingerprint density at radius 3 is 2.17 bits per heavy atom. The van der Waals surface area contributed by atoms with Gasteiger partial charge < -0.3 is 14.9 Å². The van der Waals surface area contributed by atoms with Crippen molar-refractivity contribution in [3.8, 4) is 0 Å². The first-order valence-electron chi connectivity index (χ1n) is 8.42. The van der Waals surface area contributed by atoms with Crippen LogP contribution in [-0.4, -0.2) is 58.9 Å². The third-order valence-electron chi connectivity index (χ3n) is 4.87. The van der Waals surface area contributed by atoms with Crippen molar-refractivity contribution in [1.82, 2.24) is 9.80 Å². The highest BCUT2D eigenvalue weighted by atomic mass is 16.4. The summed E-state index contributed by atoms with van der Waals surface area (Å²) in [5.74, 6) is -2.28. The Balaban J connectivity index is 1.77. The summed E-state index contributed by atoms with van der Waals surface area (Å²) in [6.07, 6.45) is 2.30. The number of aliphatic carboxylic acids is 1. The molecule has 6 nitrogen and oxygen atoms in total. The van der Waals surface area contributed by atoms with E-state index in [1.165, 1.54) is 4.90 Å². The summed E-state index contributed by atoms with van der Waals surface area (Å²) in [7, 11) is 0. The maximum absolute atomic E-state index is 12.7. The van der Waals surface area contributed by atoms with Crippen molar-refractivity contribution in [2.24, 2.45) is 11.8 Å². The Morgan fingerprint density at radius 2 is 1.54 bits per heavy atom. The second-order valence-corrected chi connectivity index (χ2v) is 6.58. The van der Waals surface area contributed by atoms with Crippen LogP contribution in [0.5, 0.6) is 0 Å². The molecule has 2 atom stereocenters. The van der Waals surface area contributed by atoms with Gasteiger partial charge in [0.25, 0.3) is 5.91 Å². The molecule has 2 fully saturated rings. The lowest BCUT2D eigenvalue weighted by atomic mass is 9.87. The van der Waals surface area contributed by atoms with Crippen LogP contribution in [0.25, 0.3) is 0 Å². The van der Waals surface area contributed by atoms with Crippen LogP contribution in [0.1, 0.15) is 29.6 Å². The number of likely N-dealkylation sites (tertiary alicyclic amines) is 2. The van der Waals surface area contributed by atoms with E-state index in [1.54, 1.807) is 29.2 Å². The molecule has 1 N–H and O–H groups in total. The molecule has 2 aliphatic rings. The number of carbonyl (C=O) groups excluding carboxylic acids is 2. The molecule has 0 aliphatic carbocycles. The highest BCUT2D eigenvalue weighted by Gasteiger charge is 2.39. The third-order valence-corrected chi connectivity index (χ3v) is 4.87. The molecule has 0 saturated carbocycles. The van der Waals surface area contributed by atoms with E-state index in [-0.39, 0.29) is 18.4 Å². The third kappa shape index (κ3) is 3.42. The van der Waals surface area contributed by atoms with E-state index in [2.05, 4.69) is 0 Å². The van der Waals surface area contributed by atoms with Gasteiger partial charge in [0, 0.05) is 31.7 Å². The van der Waals surface area contributed by atoms with Gasteiger partial charge >= 0.3 is 5.97 Å². The van der Waals surface area contributed by atoms with Gasteiger partial charge in [-0.15, -0.1) is 0 Å². The number of hydrogen-bond donors (Lipinski definition) is 1. The molecule has 0 radical (unpaired) electrons. The van der Waals surface area contributed by atoms with Gasteiger partial charge in [-0.25, -0.2) is 0 Å². The molecule has 6 heteroatoms. The van der Waals surface area contributed by atoms with Gasteiger partial charge in [0.05, 0.1) is 11.8 Å². The number of nitrogens with zero attached hydrogens (tertiary/aromatic N) is 2. The molecule has 2 aliphatic heterocycles. The summed E-state index contributed by atoms with van der Waals surface area (Å²) in [4.78, 5) is 40.1. The van der Waals surface area contributed by atoms with Gasteiger partial charge in [0.2, 0.25) is 5.91 Å². The Kier molecular flexibility index (Phi) is 4.83. The van der Waals surface area contributed by atoms with E-state index < -0.39 is 17.8 Å². The second kappa shape index (κ2) is 7.03.